The van der Waals surface area contributed by atoms with Crippen LogP contribution < -0.4 is 20.4 Å². The van der Waals surface area contributed by atoms with Gasteiger partial charge in [0, 0.05) is 18.0 Å². The summed E-state index contributed by atoms with van der Waals surface area (Å²) in [5.74, 6) is 0.850. The zero-order valence-corrected chi connectivity index (χ0v) is 16.6. The van der Waals surface area contributed by atoms with Crippen LogP contribution >= 0.6 is 11.6 Å². The van der Waals surface area contributed by atoms with Gasteiger partial charge < -0.3 is 19.2 Å². The molecule has 28 heavy (non-hydrogen) atoms. The molecule has 0 radical (unpaired) electrons. The van der Waals surface area contributed by atoms with Crippen molar-refractivity contribution in [3.63, 3.8) is 0 Å². The van der Waals surface area contributed by atoms with Gasteiger partial charge >= 0.3 is 5.63 Å². The fourth-order valence-electron chi connectivity index (χ4n) is 2.96. The number of nitrogens with one attached hydrogen (secondary N) is 1. The van der Waals surface area contributed by atoms with Crippen molar-refractivity contribution < 1.29 is 18.7 Å². The fraction of sp³-hybridized carbons (Fsp3) is 0.238. The van der Waals surface area contributed by atoms with Gasteiger partial charge in [-0.05, 0) is 36.2 Å². The van der Waals surface area contributed by atoms with Crippen molar-refractivity contribution >= 4 is 28.5 Å². The third-order valence-electron chi connectivity index (χ3n) is 4.52. The van der Waals surface area contributed by atoms with E-state index in [1.54, 1.807) is 26.2 Å². The van der Waals surface area contributed by atoms with Gasteiger partial charge in [0.2, 0.25) is 5.91 Å². The Balaban J connectivity index is 1.81. The van der Waals surface area contributed by atoms with Gasteiger partial charge in [0.15, 0.2) is 0 Å². The molecule has 0 unspecified atom stereocenters. The molecular formula is C21H20ClNO5. The van der Waals surface area contributed by atoms with Crippen molar-refractivity contribution in [2.24, 2.45) is 0 Å². The molecule has 0 spiro atoms. The molecule has 0 saturated carbocycles. The number of methoxy groups -OCH3 is 2. The van der Waals surface area contributed by atoms with Crippen LogP contribution in [0.4, 0.5) is 0 Å². The maximum absolute atomic E-state index is 12.4. The highest BCUT2D eigenvalue weighted by atomic mass is 35.5. The number of carbonyl (C=O) groups excluding carboxylic acids is 1. The Bertz CT molecular complexity index is 1090. The van der Waals surface area contributed by atoms with Crippen LogP contribution in [0.25, 0.3) is 11.0 Å². The quantitative estimate of drug-likeness (QED) is 0.638. The lowest BCUT2D eigenvalue weighted by atomic mass is 10.0. The molecular weight excluding hydrogens is 382 g/mol. The number of hydrogen-bond donors (Lipinski definition) is 1. The topological polar surface area (TPSA) is 77.8 Å². The lowest BCUT2D eigenvalue weighted by molar-refractivity contribution is -0.120. The first kappa shape index (κ1) is 19.8. The number of halogens is 1. The molecule has 0 bridgehead atoms. The molecule has 2 aromatic carbocycles. The second kappa shape index (κ2) is 8.35. The average Bonchev–Trinajstić information content (AvgIpc) is 2.70. The molecule has 3 aromatic rings. The molecule has 0 aliphatic carbocycles. The second-order valence-electron chi connectivity index (χ2n) is 6.28. The molecule has 0 atom stereocenters. The Morgan fingerprint density at radius 1 is 1.18 bits per heavy atom. The van der Waals surface area contributed by atoms with Crippen LogP contribution in [0.1, 0.15) is 16.7 Å². The van der Waals surface area contributed by atoms with Gasteiger partial charge in [0.05, 0.1) is 31.2 Å². The third kappa shape index (κ3) is 4.12. The van der Waals surface area contributed by atoms with Gasteiger partial charge in [-0.15, -0.1) is 0 Å². The van der Waals surface area contributed by atoms with E-state index in [0.29, 0.717) is 45.2 Å². The van der Waals surface area contributed by atoms with E-state index in [9.17, 15) is 9.59 Å². The van der Waals surface area contributed by atoms with Crippen LogP contribution in [0.2, 0.25) is 5.02 Å². The Hall–Kier alpha value is -2.99. The van der Waals surface area contributed by atoms with Gasteiger partial charge in [-0.3, -0.25) is 4.79 Å². The summed E-state index contributed by atoms with van der Waals surface area (Å²) in [7, 11) is 3.07. The van der Waals surface area contributed by atoms with E-state index in [0.717, 1.165) is 5.56 Å². The summed E-state index contributed by atoms with van der Waals surface area (Å²) in [5, 5.41) is 3.88. The van der Waals surface area contributed by atoms with Crippen LogP contribution in [0, 0.1) is 6.92 Å². The molecule has 0 saturated heterocycles. The Morgan fingerprint density at radius 3 is 2.68 bits per heavy atom. The Kier molecular flexibility index (Phi) is 5.90. The van der Waals surface area contributed by atoms with Gasteiger partial charge in [-0.25, -0.2) is 4.79 Å². The standard InChI is InChI=1S/C21H20ClNO5/c1-12-15-8-17(22)19(27-3)10-18(15)28-21(25)16(12)9-20(24)23-11-13-5-4-6-14(7-13)26-2/h4-8,10H,9,11H2,1-3H3,(H,23,24). The lowest BCUT2D eigenvalue weighted by Crippen LogP contribution is -2.27. The monoisotopic (exact) mass is 401 g/mol. The summed E-state index contributed by atoms with van der Waals surface area (Å²) in [5.41, 5.74) is 1.67. The first-order valence-corrected chi connectivity index (χ1v) is 9.00. The third-order valence-corrected chi connectivity index (χ3v) is 4.82. The van der Waals surface area contributed by atoms with Gasteiger partial charge in [-0.2, -0.15) is 0 Å². The first-order valence-electron chi connectivity index (χ1n) is 8.62. The Morgan fingerprint density at radius 2 is 1.96 bits per heavy atom. The number of amides is 1. The van der Waals surface area contributed by atoms with Crippen molar-refractivity contribution in [2.75, 3.05) is 14.2 Å². The summed E-state index contributed by atoms with van der Waals surface area (Å²) >= 11 is 6.18. The minimum atomic E-state index is -0.550. The zero-order chi connectivity index (χ0) is 20.3. The van der Waals surface area contributed by atoms with E-state index < -0.39 is 5.63 Å². The largest absolute Gasteiger partial charge is 0.497 e. The SMILES string of the molecule is COc1cccc(CNC(=O)Cc2c(C)c3cc(Cl)c(OC)cc3oc2=O)c1. The molecule has 7 heteroatoms. The van der Waals surface area contributed by atoms with Crippen molar-refractivity contribution in [3.8, 4) is 11.5 Å². The highest BCUT2D eigenvalue weighted by Gasteiger charge is 2.16. The van der Waals surface area contributed by atoms with E-state index >= 15 is 0 Å². The molecule has 0 aliphatic heterocycles. The van der Waals surface area contributed by atoms with Crippen molar-refractivity contribution in [3.05, 3.63) is 68.5 Å². The smallest absolute Gasteiger partial charge is 0.340 e. The molecule has 1 aromatic heterocycles. The fourth-order valence-corrected chi connectivity index (χ4v) is 3.20. The van der Waals surface area contributed by atoms with Crippen LogP contribution in [0.5, 0.6) is 11.5 Å². The molecule has 0 fully saturated rings. The van der Waals surface area contributed by atoms with Crippen molar-refractivity contribution in [1.29, 1.82) is 0 Å². The minimum absolute atomic E-state index is 0.0856. The molecule has 0 aliphatic rings. The minimum Gasteiger partial charge on any atom is -0.497 e. The van der Waals surface area contributed by atoms with Crippen LogP contribution in [-0.2, 0) is 17.8 Å². The van der Waals surface area contributed by atoms with Crippen LogP contribution in [0.15, 0.2) is 45.6 Å². The number of aryl methyl sites for hydroxylation is 1. The van der Waals surface area contributed by atoms with E-state index in [1.165, 1.54) is 7.11 Å². The number of hydrogen-bond acceptors (Lipinski definition) is 5. The number of fused-ring (bicyclic) bond motifs is 1. The molecule has 3 rings (SSSR count). The second-order valence-corrected chi connectivity index (χ2v) is 6.69. The van der Waals surface area contributed by atoms with Crippen LogP contribution in [-0.4, -0.2) is 20.1 Å². The normalized spacial score (nSPS) is 10.7. The van der Waals surface area contributed by atoms with Crippen LogP contribution in [0.3, 0.4) is 0 Å². The van der Waals surface area contributed by atoms with Gasteiger partial charge in [-0.1, -0.05) is 23.7 Å². The maximum Gasteiger partial charge on any atom is 0.340 e. The Labute approximate surface area is 167 Å². The molecule has 1 N–H and O–H groups in total. The zero-order valence-electron chi connectivity index (χ0n) is 15.8. The number of rotatable bonds is 6. The summed E-state index contributed by atoms with van der Waals surface area (Å²) in [6, 6.07) is 10.6. The molecule has 6 nitrogen and oxygen atoms in total. The van der Waals surface area contributed by atoms with Crippen molar-refractivity contribution in [1.82, 2.24) is 5.32 Å². The van der Waals surface area contributed by atoms with E-state index in [1.807, 2.05) is 24.3 Å². The van der Waals surface area contributed by atoms with E-state index in [2.05, 4.69) is 5.32 Å². The van der Waals surface area contributed by atoms with E-state index in [4.69, 9.17) is 25.5 Å². The molecule has 146 valence electrons. The summed E-state index contributed by atoms with van der Waals surface area (Å²) in [4.78, 5) is 24.8. The molecule has 1 heterocycles. The van der Waals surface area contributed by atoms with Gasteiger partial charge in [0.25, 0.3) is 0 Å². The average molecular weight is 402 g/mol. The number of benzene rings is 2. The predicted molar refractivity (Wildman–Crippen MR) is 107 cm³/mol. The van der Waals surface area contributed by atoms with E-state index in [-0.39, 0.29) is 12.3 Å². The highest BCUT2D eigenvalue weighted by molar-refractivity contribution is 6.32. The summed E-state index contributed by atoms with van der Waals surface area (Å²) in [6.07, 6.45) is -0.0856. The van der Waals surface area contributed by atoms with Crippen molar-refractivity contribution in [2.45, 2.75) is 19.9 Å². The van der Waals surface area contributed by atoms with Gasteiger partial charge in [0.1, 0.15) is 17.1 Å². The lowest BCUT2D eigenvalue weighted by Gasteiger charge is -2.11. The summed E-state index contributed by atoms with van der Waals surface area (Å²) in [6.45, 7) is 2.10. The maximum atomic E-state index is 12.4. The highest BCUT2D eigenvalue weighted by Crippen LogP contribution is 2.31. The molecule has 1 amide bonds. The predicted octanol–water partition coefficient (Wildman–Crippen LogP) is 3.63. The number of carbonyl (C=O) groups is 1. The number of ether oxygens (including phenoxy) is 2. The first-order chi connectivity index (χ1) is 13.4. The summed E-state index contributed by atoms with van der Waals surface area (Å²) < 4.78 is 15.7.